The highest BCUT2D eigenvalue weighted by Crippen LogP contribution is 2.20. The molecule has 3 nitrogen and oxygen atoms in total. The van der Waals surface area contributed by atoms with E-state index in [1.54, 1.807) is 0 Å². The smallest absolute Gasteiger partial charge is 0.390 e. The number of rotatable bonds is 4. The summed E-state index contributed by atoms with van der Waals surface area (Å²) in [6, 6.07) is 0.0229. The first kappa shape index (κ1) is 14.7. The minimum absolute atomic E-state index is 0.0229. The van der Waals surface area contributed by atoms with Gasteiger partial charge in [-0.25, -0.2) is 0 Å². The maximum absolute atomic E-state index is 12.1. The monoisotopic (exact) mass is 269 g/mol. The summed E-state index contributed by atoms with van der Waals surface area (Å²) >= 11 is 4.90. The van der Waals surface area contributed by atoms with Gasteiger partial charge in [0.05, 0.1) is 17.5 Å². The lowest BCUT2D eigenvalue weighted by Crippen LogP contribution is -2.53. The van der Waals surface area contributed by atoms with E-state index in [0.29, 0.717) is 18.1 Å². The van der Waals surface area contributed by atoms with Gasteiger partial charge in [-0.1, -0.05) is 12.2 Å². The topological polar surface area (TPSA) is 32.5 Å². The van der Waals surface area contributed by atoms with Gasteiger partial charge in [0.25, 0.3) is 0 Å². The van der Waals surface area contributed by atoms with Gasteiger partial charge in [-0.15, -0.1) is 0 Å². The minimum atomic E-state index is -4.07. The van der Waals surface area contributed by atoms with Crippen LogP contribution in [0.3, 0.4) is 0 Å². The molecule has 0 radical (unpaired) electrons. The highest BCUT2D eigenvalue weighted by molar-refractivity contribution is 7.80. The van der Waals surface area contributed by atoms with Crippen molar-refractivity contribution in [3.05, 3.63) is 0 Å². The molecule has 0 aromatic heterocycles. The second kappa shape index (κ2) is 5.97. The molecule has 1 aliphatic rings. The summed E-state index contributed by atoms with van der Waals surface area (Å²) in [7, 11) is 0. The molecule has 1 heterocycles. The van der Waals surface area contributed by atoms with E-state index in [1.165, 1.54) is 0 Å². The van der Waals surface area contributed by atoms with Gasteiger partial charge in [-0.05, 0) is 6.92 Å². The van der Waals surface area contributed by atoms with Crippen molar-refractivity contribution in [2.75, 3.05) is 32.7 Å². The zero-order chi connectivity index (χ0) is 13.1. The predicted octanol–water partition coefficient (Wildman–Crippen LogP) is 1.23. The van der Waals surface area contributed by atoms with Gasteiger partial charge in [-0.2, -0.15) is 13.2 Å². The van der Waals surface area contributed by atoms with E-state index >= 15 is 0 Å². The molecule has 1 aliphatic heterocycles. The van der Waals surface area contributed by atoms with Crippen LogP contribution in [-0.4, -0.2) is 59.7 Å². The van der Waals surface area contributed by atoms with Crippen LogP contribution in [0, 0.1) is 0 Å². The van der Waals surface area contributed by atoms with Crippen molar-refractivity contribution in [3.63, 3.8) is 0 Å². The molecule has 1 unspecified atom stereocenters. The van der Waals surface area contributed by atoms with Crippen LogP contribution >= 0.6 is 12.2 Å². The Hall–Kier alpha value is -0.400. The molecule has 17 heavy (non-hydrogen) atoms. The Balaban J connectivity index is 2.29. The third-order valence-electron chi connectivity index (χ3n) is 3.08. The fourth-order valence-electron chi connectivity index (χ4n) is 1.84. The summed E-state index contributed by atoms with van der Waals surface area (Å²) < 4.78 is 36.2. The summed E-state index contributed by atoms with van der Waals surface area (Å²) in [5.74, 6) is 0. The van der Waals surface area contributed by atoms with Gasteiger partial charge in [-0.3, -0.25) is 4.90 Å². The number of thiocarbonyl (C=S) groups is 1. The van der Waals surface area contributed by atoms with Crippen molar-refractivity contribution in [2.24, 2.45) is 5.73 Å². The van der Waals surface area contributed by atoms with Gasteiger partial charge < -0.3 is 10.6 Å². The van der Waals surface area contributed by atoms with Gasteiger partial charge in [0, 0.05) is 32.7 Å². The number of nitrogens with two attached hydrogens (primary N) is 1. The second-order valence-electron chi connectivity index (χ2n) is 4.32. The molecule has 1 saturated heterocycles. The average molecular weight is 269 g/mol. The molecule has 0 aliphatic carbocycles. The second-order valence-corrected chi connectivity index (χ2v) is 4.79. The van der Waals surface area contributed by atoms with Crippen LogP contribution in [0.15, 0.2) is 0 Å². The van der Waals surface area contributed by atoms with Crippen LogP contribution < -0.4 is 5.73 Å². The van der Waals surface area contributed by atoms with Crippen molar-refractivity contribution in [1.82, 2.24) is 9.80 Å². The van der Waals surface area contributed by atoms with Crippen molar-refractivity contribution in [3.8, 4) is 0 Å². The first-order valence-electron chi connectivity index (χ1n) is 5.62. The summed E-state index contributed by atoms with van der Waals surface area (Å²) in [5.41, 5.74) is 5.54. The lowest BCUT2D eigenvalue weighted by Gasteiger charge is -2.37. The zero-order valence-corrected chi connectivity index (χ0v) is 10.7. The normalized spacial score (nSPS) is 21.4. The van der Waals surface area contributed by atoms with E-state index in [9.17, 15) is 13.2 Å². The molecule has 1 atom stereocenters. The maximum Gasteiger partial charge on any atom is 0.390 e. The fourth-order valence-corrected chi connectivity index (χ4v) is 1.99. The summed E-state index contributed by atoms with van der Waals surface area (Å²) in [4.78, 5) is 4.37. The maximum atomic E-state index is 12.1. The van der Waals surface area contributed by atoms with E-state index in [1.807, 2.05) is 11.8 Å². The van der Waals surface area contributed by atoms with Crippen molar-refractivity contribution < 1.29 is 13.2 Å². The lowest BCUT2D eigenvalue weighted by atomic mass is 10.2. The Morgan fingerprint density at radius 2 is 1.82 bits per heavy atom. The van der Waals surface area contributed by atoms with Crippen molar-refractivity contribution in [1.29, 1.82) is 0 Å². The van der Waals surface area contributed by atoms with Crippen LogP contribution in [0.5, 0.6) is 0 Å². The fraction of sp³-hybridized carbons (Fsp3) is 0.900. The summed E-state index contributed by atoms with van der Waals surface area (Å²) in [5, 5.41) is 0. The molecule has 1 rings (SSSR count). The Kier molecular flexibility index (Phi) is 5.15. The number of piperazine rings is 1. The van der Waals surface area contributed by atoms with Crippen LogP contribution in [0.4, 0.5) is 13.2 Å². The van der Waals surface area contributed by atoms with Gasteiger partial charge in [0.1, 0.15) is 0 Å². The molecule has 0 spiro atoms. The largest absolute Gasteiger partial charge is 0.392 e. The summed E-state index contributed by atoms with van der Waals surface area (Å²) in [6.07, 6.45) is -4.80. The Morgan fingerprint density at radius 3 is 2.24 bits per heavy atom. The molecule has 0 bridgehead atoms. The van der Waals surface area contributed by atoms with Gasteiger partial charge >= 0.3 is 6.18 Å². The summed E-state index contributed by atoms with van der Waals surface area (Å²) in [6.45, 7) is 4.73. The minimum Gasteiger partial charge on any atom is -0.392 e. The van der Waals surface area contributed by atoms with E-state index < -0.39 is 12.6 Å². The van der Waals surface area contributed by atoms with Crippen LogP contribution in [0.2, 0.25) is 0 Å². The number of halogens is 3. The van der Waals surface area contributed by atoms with E-state index in [0.717, 1.165) is 13.1 Å². The van der Waals surface area contributed by atoms with E-state index in [-0.39, 0.29) is 12.6 Å². The Morgan fingerprint density at radius 1 is 1.29 bits per heavy atom. The lowest BCUT2D eigenvalue weighted by molar-refractivity contribution is -0.138. The van der Waals surface area contributed by atoms with Crippen molar-refractivity contribution >= 4 is 17.2 Å². The first-order valence-corrected chi connectivity index (χ1v) is 6.03. The average Bonchev–Trinajstić information content (AvgIpc) is 2.25. The quantitative estimate of drug-likeness (QED) is 0.778. The molecule has 0 aromatic carbocycles. The highest BCUT2D eigenvalue weighted by atomic mass is 32.1. The molecule has 100 valence electrons. The van der Waals surface area contributed by atoms with Crippen molar-refractivity contribution in [2.45, 2.75) is 25.6 Å². The molecule has 0 saturated carbocycles. The van der Waals surface area contributed by atoms with Crippen LogP contribution in [-0.2, 0) is 0 Å². The molecular formula is C10H18F3N3S. The van der Waals surface area contributed by atoms with E-state index in [4.69, 9.17) is 18.0 Å². The number of hydrogen-bond acceptors (Lipinski definition) is 3. The van der Waals surface area contributed by atoms with Crippen LogP contribution in [0.1, 0.15) is 13.3 Å². The standard InChI is InChI=1S/C10H18F3N3S/c1-8(9(14)17)16-6-4-15(5-7-16)3-2-10(11,12)13/h8H,2-7H2,1H3,(H2,14,17). The van der Waals surface area contributed by atoms with Gasteiger partial charge in [0.15, 0.2) is 0 Å². The van der Waals surface area contributed by atoms with Crippen LogP contribution in [0.25, 0.3) is 0 Å². The Labute approximate surface area is 105 Å². The highest BCUT2D eigenvalue weighted by Gasteiger charge is 2.29. The molecular weight excluding hydrogens is 251 g/mol. The van der Waals surface area contributed by atoms with Gasteiger partial charge in [0.2, 0.25) is 0 Å². The molecule has 0 amide bonds. The predicted molar refractivity (Wildman–Crippen MR) is 64.9 cm³/mol. The number of hydrogen-bond donors (Lipinski definition) is 1. The van der Waals surface area contributed by atoms with E-state index in [2.05, 4.69) is 4.90 Å². The SMILES string of the molecule is CC(C(N)=S)N1CCN(CCC(F)(F)F)CC1. The third-order valence-corrected chi connectivity index (χ3v) is 3.42. The molecule has 7 heteroatoms. The molecule has 0 aromatic rings. The zero-order valence-electron chi connectivity index (χ0n) is 9.83. The number of nitrogens with zero attached hydrogens (tertiary/aromatic N) is 2. The number of alkyl halides is 3. The Bertz CT molecular complexity index is 262. The molecule has 1 fully saturated rings. The molecule has 2 N–H and O–H groups in total. The third kappa shape index (κ3) is 5.18. The first-order chi connectivity index (χ1) is 7.79.